The molecule has 1 amide bonds. The number of likely N-dealkylation sites (N-methyl/N-ethyl adjacent to an activating group) is 1. The van der Waals surface area contributed by atoms with Gasteiger partial charge in [0, 0.05) is 18.6 Å². The zero-order valence-corrected chi connectivity index (χ0v) is 11.1. The first-order valence-corrected chi connectivity index (χ1v) is 6.20. The molecule has 17 heavy (non-hydrogen) atoms. The van der Waals surface area contributed by atoms with Gasteiger partial charge in [0.05, 0.1) is 6.54 Å². The molecule has 0 unspecified atom stereocenters. The molecule has 3 nitrogen and oxygen atoms in total. The van der Waals surface area contributed by atoms with Crippen LogP contribution in [0.5, 0.6) is 0 Å². The number of halogens is 1. The number of carbonyl (C=O) groups excluding carboxylic acids is 1. The van der Waals surface area contributed by atoms with Crippen molar-refractivity contribution in [1.29, 1.82) is 0 Å². The molecule has 1 aromatic carbocycles. The molecule has 0 bridgehead atoms. The number of hydrogen-bond acceptors (Lipinski definition) is 2. The van der Waals surface area contributed by atoms with E-state index in [9.17, 15) is 4.79 Å². The standard InChI is InChI=1S/C13H19ClN2O/c1-3-7-15-9-13(17)16(2)10-11-5-4-6-12(14)8-11/h4-6,8,15H,3,7,9-10H2,1-2H3. The van der Waals surface area contributed by atoms with Crippen LogP contribution in [0, 0.1) is 0 Å². The molecule has 0 radical (unpaired) electrons. The van der Waals surface area contributed by atoms with E-state index < -0.39 is 0 Å². The predicted molar refractivity (Wildman–Crippen MR) is 71.1 cm³/mol. The van der Waals surface area contributed by atoms with Gasteiger partial charge in [-0.15, -0.1) is 0 Å². The molecule has 0 spiro atoms. The van der Waals surface area contributed by atoms with Crippen molar-refractivity contribution in [3.63, 3.8) is 0 Å². The van der Waals surface area contributed by atoms with Gasteiger partial charge in [-0.3, -0.25) is 4.79 Å². The summed E-state index contributed by atoms with van der Waals surface area (Å²) < 4.78 is 0. The highest BCUT2D eigenvalue weighted by molar-refractivity contribution is 6.30. The van der Waals surface area contributed by atoms with E-state index in [4.69, 9.17) is 11.6 Å². The van der Waals surface area contributed by atoms with Crippen LogP contribution >= 0.6 is 11.6 Å². The minimum atomic E-state index is 0.0958. The minimum absolute atomic E-state index is 0.0958. The number of rotatable bonds is 6. The summed E-state index contributed by atoms with van der Waals surface area (Å²) in [6.07, 6.45) is 1.03. The second-order valence-electron chi connectivity index (χ2n) is 4.06. The van der Waals surface area contributed by atoms with Gasteiger partial charge in [0.15, 0.2) is 0 Å². The van der Waals surface area contributed by atoms with E-state index in [0.29, 0.717) is 18.1 Å². The van der Waals surface area contributed by atoms with Gasteiger partial charge >= 0.3 is 0 Å². The molecule has 0 saturated carbocycles. The van der Waals surface area contributed by atoms with E-state index in [-0.39, 0.29) is 5.91 Å². The maximum atomic E-state index is 11.7. The van der Waals surface area contributed by atoms with Gasteiger partial charge in [0.25, 0.3) is 0 Å². The lowest BCUT2D eigenvalue weighted by atomic mass is 10.2. The maximum Gasteiger partial charge on any atom is 0.236 e. The molecule has 94 valence electrons. The van der Waals surface area contributed by atoms with Crippen LogP contribution < -0.4 is 5.32 Å². The minimum Gasteiger partial charge on any atom is -0.340 e. The van der Waals surface area contributed by atoms with Crippen molar-refractivity contribution in [3.05, 3.63) is 34.9 Å². The Bertz CT molecular complexity index is 368. The normalized spacial score (nSPS) is 10.3. The van der Waals surface area contributed by atoms with E-state index in [1.165, 1.54) is 0 Å². The van der Waals surface area contributed by atoms with Crippen LogP contribution in [0.1, 0.15) is 18.9 Å². The van der Waals surface area contributed by atoms with Crippen LogP contribution in [-0.4, -0.2) is 30.9 Å². The fourth-order valence-corrected chi connectivity index (χ4v) is 1.72. The summed E-state index contributed by atoms with van der Waals surface area (Å²) in [7, 11) is 1.80. The van der Waals surface area contributed by atoms with Crippen molar-refractivity contribution in [1.82, 2.24) is 10.2 Å². The highest BCUT2D eigenvalue weighted by Crippen LogP contribution is 2.11. The van der Waals surface area contributed by atoms with Gasteiger partial charge in [0.1, 0.15) is 0 Å². The van der Waals surface area contributed by atoms with E-state index in [1.54, 1.807) is 11.9 Å². The Hall–Kier alpha value is -1.06. The zero-order chi connectivity index (χ0) is 12.7. The van der Waals surface area contributed by atoms with Crippen LogP contribution in [0.3, 0.4) is 0 Å². The SMILES string of the molecule is CCCNCC(=O)N(C)Cc1cccc(Cl)c1. The summed E-state index contributed by atoms with van der Waals surface area (Å²) in [5.41, 5.74) is 1.05. The average molecular weight is 255 g/mol. The number of nitrogens with zero attached hydrogens (tertiary/aromatic N) is 1. The molecule has 1 aromatic rings. The van der Waals surface area contributed by atoms with E-state index in [1.807, 2.05) is 24.3 Å². The van der Waals surface area contributed by atoms with Crippen molar-refractivity contribution in [2.75, 3.05) is 20.1 Å². The third-order valence-electron chi connectivity index (χ3n) is 2.44. The summed E-state index contributed by atoms with van der Waals surface area (Å²) in [6, 6.07) is 7.57. The van der Waals surface area contributed by atoms with E-state index >= 15 is 0 Å². The summed E-state index contributed by atoms with van der Waals surface area (Å²) in [5, 5.41) is 3.80. The Balaban J connectivity index is 2.43. The lowest BCUT2D eigenvalue weighted by Crippen LogP contribution is -2.35. The molecule has 1 N–H and O–H groups in total. The van der Waals surface area contributed by atoms with Gasteiger partial charge < -0.3 is 10.2 Å². The smallest absolute Gasteiger partial charge is 0.236 e. The van der Waals surface area contributed by atoms with Gasteiger partial charge in [-0.25, -0.2) is 0 Å². The van der Waals surface area contributed by atoms with Gasteiger partial charge in [-0.05, 0) is 30.7 Å². The fraction of sp³-hybridized carbons (Fsp3) is 0.462. The second kappa shape index (κ2) is 7.30. The van der Waals surface area contributed by atoms with Gasteiger partial charge in [0.2, 0.25) is 5.91 Å². The third-order valence-corrected chi connectivity index (χ3v) is 2.67. The molecule has 0 heterocycles. The summed E-state index contributed by atoms with van der Waals surface area (Å²) >= 11 is 5.89. The Morgan fingerprint density at radius 3 is 2.88 bits per heavy atom. The van der Waals surface area contributed by atoms with Crippen molar-refractivity contribution in [3.8, 4) is 0 Å². The first-order chi connectivity index (χ1) is 8.13. The zero-order valence-electron chi connectivity index (χ0n) is 10.4. The molecule has 0 saturated heterocycles. The van der Waals surface area contributed by atoms with Gasteiger partial charge in [-0.1, -0.05) is 30.7 Å². The quantitative estimate of drug-likeness (QED) is 0.790. The molecule has 0 aliphatic heterocycles. The van der Waals surface area contributed by atoms with Crippen LogP contribution in [0.2, 0.25) is 5.02 Å². The molecule has 0 aliphatic carbocycles. The maximum absolute atomic E-state index is 11.7. The molecule has 1 rings (SSSR count). The predicted octanol–water partition coefficient (Wildman–Crippen LogP) is 2.30. The van der Waals surface area contributed by atoms with Crippen molar-refractivity contribution >= 4 is 17.5 Å². The molecular weight excluding hydrogens is 236 g/mol. The molecule has 4 heteroatoms. The number of carbonyl (C=O) groups is 1. The molecule has 0 fully saturated rings. The Morgan fingerprint density at radius 1 is 1.47 bits per heavy atom. The second-order valence-corrected chi connectivity index (χ2v) is 4.49. The van der Waals surface area contributed by atoms with Crippen LogP contribution in [0.4, 0.5) is 0 Å². The third kappa shape index (κ3) is 5.20. The Labute approximate surface area is 108 Å². The van der Waals surface area contributed by atoms with Crippen molar-refractivity contribution in [2.45, 2.75) is 19.9 Å². The molecule has 0 aliphatic rings. The molecular formula is C13H19ClN2O. The fourth-order valence-electron chi connectivity index (χ4n) is 1.50. The van der Waals surface area contributed by atoms with Crippen LogP contribution in [0.15, 0.2) is 24.3 Å². The highest BCUT2D eigenvalue weighted by Gasteiger charge is 2.08. The van der Waals surface area contributed by atoms with Crippen LogP contribution in [0.25, 0.3) is 0 Å². The first-order valence-electron chi connectivity index (χ1n) is 5.82. The highest BCUT2D eigenvalue weighted by atomic mass is 35.5. The summed E-state index contributed by atoms with van der Waals surface area (Å²) in [4.78, 5) is 13.4. The van der Waals surface area contributed by atoms with Crippen LogP contribution in [-0.2, 0) is 11.3 Å². The number of amides is 1. The van der Waals surface area contributed by atoms with Crippen molar-refractivity contribution in [2.24, 2.45) is 0 Å². The Morgan fingerprint density at radius 2 is 2.24 bits per heavy atom. The largest absolute Gasteiger partial charge is 0.340 e. The monoisotopic (exact) mass is 254 g/mol. The summed E-state index contributed by atoms with van der Waals surface area (Å²) in [6.45, 7) is 3.93. The van der Waals surface area contributed by atoms with E-state index in [0.717, 1.165) is 18.5 Å². The van der Waals surface area contributed by atoms with Crippen molar-refractivity contribution < 1.29 is 4.79 Å². The van der Waals surface area contributed by atoms with E-state index in [2.05, 4.69) is 12.2 Å². The first kappa shape index (κ1) is 14.0. The Kier molecular flexibility index (Phi) is 6.01. The topological polar surface area (TPSA) is 32.3 Å². The number of nitrogens with one attached hydrogen (secondary N) is 1. The lowest BCUT2D eigenvalue weighted by Gasteiger charge is -2.17. The molecule has 0 aromatic heterocycles. The number of benzene rings is 1. The summed E-state index contributed by atoms with van der Waals surface area (Å²) in [5.74, 6) is 0.0958. The number of hydrogen-bond donors (Lipinski definition) is 1. The molecule has 0 atom stereocenters. The van der Waals surface area contributed by atoms with Gasteiger partial charge in [-0.2, -0.15) is 0 Å². The average Bonchev–Trinajstić information content (AvgIpc) is 2.29. The lowest BCUT2D eigenvalue weighted by molar-refractivity contribution is -0.129.